The molecule has 5 aromatic rings. The normalized spacial score (nSPS) is 12.0. The highest BCUT2D eigenvalue weighted by Crippen LogP contribution is 2.34. The quantitative estimate of drug-likeness (QED) is 0.325. The summed E-state index contributed by atoms with van der Waals surface area (Å²) in [4.78, 5) is 23.8. The lowest BCUT2D eigenvalue weighted by atomic mass is 10.1. The van der Waals surface area contributed by atoms with Gasteiger partial charge in [0.15, 0.2) is 5.88 Å². The molecule has 0 radical (unpaired) electrons. The minimum Gasteiger partial charge on any atom is -0.494 e. The number of nitrogens with zero attached hydrogens (tertiary/aromatic N) is 2. The van der Waals surface area contributed by atoms with E-state index in [2.05, 4.69) is 19.7 Å². The second-order valence-electron chi connectivity index (χ2n) is 7.13. The first-order valence-electron chi connectivity index (χ1n) is 9.75. The van der Waals surface area contributed by atoms with Gasteiger partial charge in [0.2, 0.25) is 0 Å². The van der Waals surface area contributed by atoms with E-state index in [0.29, 0.717) is 11.3 Å². The molecule has 3 N–H and O–H groups in total. The van der Waals surface area contributed by atoms with Gasteiger partial charge in [0.05, 0.1) is 37.4 Å². The van der Waals surface area contributed by atoms with Gasteiger partial charge in [-0.2, -0.15) is 0 Å². The highest BCUT2D eigenvalue weighted by Gasteiger charge is 2.18. The van der Waals surface area contributed by atoms with E-state index in [1.54, 1.807) is 23.7 Å². The molecule has 0 atom stereocenters. The van der Waals surface area contributed by atoms with Gasteiger partial charge in [-0.3, -0.25) is 9.79 Å². The van der Waals surface area contributed by atoms with Gasteiger partial charge < -0.3 is 10.1 Å². The van der Waals surface area contributed by atoms with Gasteiger partial charge in [0, 0.05) is 17.2 Å². The summed E-state index contributed by atoms with van der Waals surface area (Å²) in [6, 6.07) is 17.6. The predicted octanol–water partition coefficient (Wildman–Crippen LogP) is 4.35. The van der Waals surface area contributed by atoms with Crippen molar-refractivity contribution in [3.63, 3.8) is 0 Å². The van der Waals surface area contributed by atoms with Crippen molar-refractivity contribution in [2.24, 2.45) is 4.99 Å². The lowest BCUT2D eigenvalue weighted by Crippen LogP contribution is -2.30. The summed E-state index contributed by atoms with van der Waals surface area (Å²) in [5.41, 5.74) is 4.58. The summed E-state index contributed by atoms with van der Waals surface area (Å²) in [5.74, 6) is -0.723. The zero-order chi connectivity index (χ0) is 23.0. The number of aliphatic imine (C=N–C) groups is 1. The van der Waals surface area contributed by atoms with E-state index >= 15 is 0 Å². The number of sulfonamides is 1. The molecule has 0 bridgehead atoms. The van der Waals surface area contributed by atoms with Crippen molar-refractivity contribution >= 4 is 60.3 Å². The number of nitrogens with one attached hydrogen (secondary N) is 2. The Bertz CT molecular complexity index is 1620. The number of aromatic hydroxyl groups is 1. The van der Waals surface area contributed by atoms with E-state index in [1.165, 1.54) is 53.9 Å². The topological polar surface area (TPSA) is 125 Å². The Hall–Kier alpha value is -4.02. The van der Waals surface area contributed by atoms with E-state index in [1.807, 2.05) is 12.1 Å². The molecule has 0 unspecified atom stereocenters. The van der Waals surface area contributed by atoms with E-state index in [9.17, 15) is 18.3 Å². The van der Waals surface area contributed by atoms with Crippen molar-refractivity contribution in [2.45, 2.75) is 4.90 Å². The Morgan fingerprint density at radius 1 is 1.06 bits per heavy atom. The highest BCUT2D eigenvalue weighted by molar-refractivity contribution is 7.90. The van der Waals surface area contributed by atoms with Crippen LogP contribution in [0.4, 0.5) is 5.69 Å². The van der Waals surface area contributed by atoms with Gasteiger partial charge in [0.1, 0.15) is 0 Å². The van der Waals surface area contributed by atoms with Crippen LogP contribution in [0.2, 0.25) is 0 Å². The molecule has 1 amide bonds. The van der Waals surface area contributed by atoms with E-state index < -0.39 is 15.9 Å². The van der Waals surface area contributed by atoms with Crippen LogP contribution in [0.15, 0.2) is 82.1 Å². The average Bonchev–Trinajstić information content (AvgIpc) is 3.41. The largest absolute Gasteiger partial charge is 0.494 e. The first-order valence-corrected chi connectivity index (χ1v) is 12.1. The maximum atomic E-state index is 12.5. The first kappa shape index (κ1) is 20.9. The van der Waals surface area contributed by atoms with Crippen LogP contribution < -0.4 is 4.72 Å². The standard InChI is InChI=1S/C23H16N4O4S2/c28-22(14-4-2-1-3-5-14)27-33(30,31)16-8-6-15(7-9-16)24-12-17-20-18(26-23(17)29)10-11-19-21(20)32-13-25-19/h1-13,26,29H,(H,27,28). The maximum absolute atomic E-state index is 12.5. The van der Waals surface area contributed by atoms with Crippen molar-refractivity contribution < 1.29 is 18.3 Å². The first-order chi connectivity index (χ1) is 15.9. The van der Waals surface area contributed by atoms with Crippen molar-refractivity contribution in [3.05, 3.63) is 83.4 Å². The molecule has 10 heteroatoms. The van der Waals surface area contributed by atoms with E-state index in [4.69, 9.17) is 0 Å². The molecule has 5 rings (SSSR count). The number of hydrogen-bond acceptors (Lipinski definition) is 7. The smallest absolute Gasteiger partial charge is 0.264 e. The third-order valence-electron chi connectivity index (χ3n) is 5.03. The van der Waals surface area contributed by atoms with Gasteiger partial charge in [-0.15, -0.1) is 11.3 Å². The average molecular weight is 477 g/mol. The number of amides is 1. The van der Waals surface area contributed by atoms with Crippen molar-refractivity contribution in [1.29, 1.82) is 0 Å². The highest BCUT2D eigenvalue weighted by atomic mass is 32.2. The summed E-state index contributed by atoms with van der Waals surface area (Å²) in [5, 5.41) is 11.2. The van der Waals surface area contributed by atoms with Gasteiger partial charge in [-0.05, 0) is 48.5 Å². The number of rotatable bonds is 5. The number of aromatic nitrogens is 2. The fourth-order valence-electron chi connectivity index (χ4n) is 3.42. The molecule has 0 aliphatic carbocycles. The van der Waals surface area contributed by atoms with Gasteiger partial charge in [-0.1, -0.05) is 18.2 Å². The monoisotopic (exact) mass is 476 g/mol. The fraction of sp³-hybridized carbons (Fsp3) is 0. The van der Waals surface area contributed by atoms with E-state index in [0.717, 1.165) is 21.1 Å². The van der Waals surface area contributed by atoms with Crippen molar-refractivity contribution in [1.82, 2.24) is 14.7 Å². The molecule has 0 spiro atoms. The Labute approximate surface area is 192 Å². The fourth-order valence-corrected chi connectivity index (χ4v) is 5.24. The van der Waals surface area contributed by atoms with Crippen LogP contribution >= 0.6 is 11.3 Å². The van der Waals surface area contributed by atoms with Crippen molar-refractivity contribution in [2.75, 3.05) is 0 Å². The number of fused-ring (bicyclic) bond motifs is 3. The molecule has 3 aromatic carbocycles. The number of carbonyl (C=O) groups excluding carboxylic acids is 1. The zero-order valence-corrected chi connectivity index (χ0v) is 18.5. The summed E-state index contributed by atoms with van der Waals surface area (Å²) in [7, 11) is -4.04. The van der Waals surface area contributed by atoms with Crippen LogP contribution in [0.5, 0.6) is 5.88 Å². The molecule has 0 aliphatic rings. The van der Waals surface area contributed by atoms with E-state index in [-0.39, 0.29) is 16.3 Å². The van der Waals surface area contributed by atoms with Crippen LogP contribution in [-0.4, -0.2) is 35.6 Å². The molecule has 2 heterocycles. The predicted molar refractivity (Wildman–Crippen MR) is 128 cm³/mol. The Morgan fingerprint density at radius 2 is 1.82 bits per heavy atom. The second kappa shape index (κ2) is 8.15. The second-order valence-corrected chi connectivity index (χ2v) is 9.67. The molecule has 164 valence electrons. The molecule has 2 aromatic heterocycles. The number of aromatic amines is 1. The number of carbonyl (C=O) groups is 1. The van der Waals surface area contributed by atoms with Gasteiger partial charge in [0.25, 0.3) is 15.9 Å². The summed E-state index contributed by atoms with van der Waals surface area (Å²) >= 11 is 1.47. The molecule has 0 fully saturated rings. The molecular weight excluding hydrogens is 460 g/mol. The Morgan fingerprint density at radius 3 is 2.58 bits per heavy atom. The number of benzene rings is 3. The Kier molecular flexibility index (Phi) is 5.15. The van der Waals surface area contributed by atoms with Crippen LogP contribution in [0.1, 0.15) is 15.9 Å². The van der Waals surface area contributed by atoms with Crippen LogP contribution in [0.3, 0.4) is 0 Å². The number of hydrogen-bond donors (Lipinski definition) is 3. The molecule has 33 heavy (non-hydrogen) atoms. The molecule has 8 nitrogen and oxygen atoms in total. The lowest BCUT2D eigenvalue weighted by Gasteiger charge is -2.07. The SMILES string of the molecule is O=C(NS(=O)(=O)c1ccc(N=Cc2c(O)[nH]c3ccc4ncsc4c23)cc1)c1ccccc1. The summed E-state index contributed by atoms with van der Waals surface area (Å²) in [6.07, 6.45) is 1.52. The minimum atomic E-state index is -4.04. The Balaban J connectivity index is 1.40. The molecule has 0 saturated heterocycles. The maximum Gasteiger partial charge on any atom is 0.264 e. The summed E-state index contributed by atoms with van der Waals surface area (Å²) < 4.78 is 28.1. The van der Waals surface area contributed by atoms with Crippen LogP contribution in [0.25, 0.3) is 21.1 Å². The van der Waals surface area contributed by atoms with Crippen LogP contribution in [0, 0.1) is 0 Å². The number of thiazole rings is 1. The summed E-state index contributed by atoms with van der Waals surface area (Å²) in [6.45, 7) is 0. The number of H-pyrrole nitrogens is 1. The molecule has 0 aliphatic heterocycles. The van der Waals surface area contributed by atoms with Gasteiger partial charge >= 0.3 is 0 Å². The third kappa shape index (κ3) is 3.97. The van der Waals surface area contributed by atoms with Crippen LogP contribution in [-0.2, 0) is 10.0 Å². The zero-order valence-electron chi connectivity index (χ0n) is 16.9. The molecule has 0 saturated carbocycles. The third-order valence-corrected chi connectivity index (χ3v) is 7.24. The minimum absolute atomic E-state index is 0.0162. The van der Waals surface area contributed by atoms with Gasteiger partial charge in [-0.25, -0.2) is 18.1 Å². The molecular formula is C23H16N4O4S2. The lowest BCUT2D eigenvalue weighted by molar-refractivity contribution is 0.0981. The van der Waals surface area contributed by atoms with Crippen molar-refractivity contribution in [3.8, 4) is 5.88 Å².